The monoisotopic (exact) mass is 476 g/mol. The normalized spacial score (nSPS) is 20.3. The summed E-state index contributed by atoms with van der Waals surface area (Å²) >= 11 is 5.88. The molecule has 2 heterocycles. The number of benzene rings is 1. The zero-order valence-electron chi connectivity index (χ0n) is 19.3. The van der Waals surface area contributed by atoms with Gasteiger partial charge in [0, 0.05) is 30.2 Å². The summed E-state index contributed by atoms with van der Waals surface area (Å²) in [6.07, 6.45) is 3.76. The van der Waals surface area contributed by atoms with Crippen LogP contribution in [-0.2, 0) is 29.0 Å². The van der Waals surface area contributed by atoms with Gasteiger partial charge in [0.15, 0.2) is 0 Å². The van der Waals surface area contributed by atoms with Crippen LogP contribution in [-0.4, -0.2) is 58.3 Å². The number of rotatable bonds is 4. The SMILES string of the molecule is COC(=O)[C@H]1CC[C@@H](N(C)C(=O)N2CCc3c(C)nn(Cc4ccc(Cl)cc4F)c3C2)CC1. The van der Waals surface area contributed by atoms with Crippen LogP contribution in [0.5, 0.6) is 0 Å². The van der Waals surface area contributed by atoms with Gasteiger partial charge in [-0.25, -0.2) is 9.18 Å². The van der Waals surface area contributed by atoms with Crippen molar-refractivity contribution in [3.8, 4) is 0 Å². The molecular weight excluding hydrogens is 447 g/mol. The van der Waals surface area contributed by atoms with E-state index >= 15 is 0 Å². The molecule has 0 N–H and O–H groups in total. The molecule has 1 fully saturated rings. The van der Waals surface area contributed by atoms with Crippen LogP contribution in [0.3, 0.4) is 0 Å². The molecule has 0 atom stereocenters. The molecule has 1 aromatic heterocycles. The number of aromatic nitrogens is 2. The Morgan fingerprint density at radius 1 is 1.27 bits per heavy atom. The Labute approximate surface area is 198 Å². The minimum absolute atomic E-state index is 0.0229. The molecule has 33 heavy (non-hydrogen) atoms. The van der Waals surface area contributed by atoms with E-state index in [1.165, 1.54) is 13.2 Å². The quantitative estimate of drug-likeness (QED) is 0.621. The van der Waals surface area contributed by atoms with E-state index in [0.717, 1.165) is 49.1 Å². The number of fused-ring (bicyclic) bond motifs is 1. The summed E-state index contributed by atoms with van der Waals surface area (Å²) in [5, 5.41) is 4.99. The Morgan fingerprint density at radius 3 is 2.67 bits per heavy atom. The maximum absolute atomic E-state index is 14.4. The lowest BCUT2D eigenvalue weighted by Gasteiger charge is -2.38. The summed E-state index contributed by atoms with van der Waals surface area (Å²) in [5.41, 5.74) is 3.51. The van der Waals surface area contributed by atoms with Crippen molar-refractivity contribution in [2.75, 3.05) is 20.7 Å². The number of ether oxygens (including phenoxy) is 1. The Balaban J connectivity index is 1.45. The lowest BCUT2D eigenvalue weighted by molar-refractivity contribution is -0.146. The van der Waals surface area contributed by atoms with Crippen molar-refractivity contribution in [2.45, 2.75) is 58.2 Å². The largest absolute Gasteiger partial charge is 0.469 e. The highest BCUT2D eigenvalue weighted by atomic mass is 35.5. The van der Waals surface area contributed by atoms with E-state index in [1.54, 1.807) is 16.8 Å². The van der Waals surface area contributed by atoms with Crippen LogP contribution in [0.4, 0.5) is 9.18 Å². The molecule has 2 amide bonds. The molecule has 0 saturated heterocycles. The van der Waals surface area contributed by atoms with Gasteiger partial charge < -0.3 is 14.5 Å². The van der Waals surface area contributed by atoms with Gasteiger partial charge in [-0.15, -0.1) is 0 Å². The van der Waals surface area contributed by atoms with Crippen molar-refractivity contribution in [3.05, 3.63) is 51.6 Å². The van der Waals surface area contributed by atoms with Crippen LogP contribution in [0.1, 0.15) is 48.2 Å². The van der Waals surface area contributed by atoms with Gasteiger partial charge in [0.1, 0.15) is 5.82 Å². The van der Waals surface area contributed by atoms with E-state index in [9.17, 15) is 14.0 Å². The van der Waals surface area contributed by atoms with Gasteiger partial charge in [0.05, 0.1) is 37.5 Å². The Bertz CT molecular complexity index is 1050. The molecule has 1 aliphatic carbocycles. The van der Waals surface area contributed by atoms with Crippen molar-refractivity contribution in [3.63, 3.8) is 0 Å². The number of carbonyl (C=O) groups excluding carboxylic acids is 2. The van der Waals surface area contributed by atoms with Gasteiger partial charge in [-0.05, 0) is 56.7 Å². The summed E-state index contributed by atoms with van der Waals surface area (Å²) in [6.45, 7) is 3.30. The number of amides is 2. The first kappa shape index (κ1) is 23.5. The van der Waals surface area contributed by atoms with Gasteiger partial charge in [-0.2, -0.15) is 5.10 Å². The first-order valence-corrected chi connectivity index (χ1v) is 11.7. The van der Waals surface area contributed by atoms with Gasteiger partial charge in [0.25, 0.3) is 0 Å². The molecule has 1 aromatic carbocycles. The third-order valence-corrected chi connectivity index (χ3v) is 7.26. The van der Waals surface area contributed by atoms with Crippen molar-refractivity contribution in [1.82, 2.24) is 19.6 Å². The maximum Gasteiger partial charge on any atom is 0.320 e. The van der Waals surface area contributed by atoms with Crippen LogP contribution >= 0.6 is 11.6 Å². The molecule has 7 nitrogen and oxygen atoms in total. The second-order valence-electron chi connectivity index (χ2n) is 9.00. The summed E-state index contributed by atoms with van der Waals surface area (Å²) in [6, 6.07) is 4.73. The molecule has 0 unspecified atom stereocenters. The number of esters is 1. The summed E-state index contributed by atoms with van der Waals surface area (Å²) in [4.78, 5) is 28.7. The molecule has 1 aliphatic heterocycles. The standard InChI is InChI=1S/C24H30ClFN4O3/c1-15-20-10-11-29(24(32)28(2)19-8-5-16(6-9-19)23(31)33-3)14-22(20)30(27-15)13-17-4-7-18(25)12-21(17)26/h4,7,12,16,19H,5-6,8-11,13-14H2,1-3H3/t16-,19+. The number of urea groups is 1. The number of nitrogens with zero attached hydrogens (tertiary/aromatic N) is 4. The first-order valence-electron chi connectivity index (χ1n) is 11.4. The minimum atomic E-state index is -0.365. The second-order valence-corrected chi connectivity index (χ2v) is 9.43. The average Bonchev–Trinajstić information content (AvgIpc) is 3.14. The number of carbonyl (C=O) groups is 2. The van der Waals surface area contributed by atoms with Gasteiger partial charge in [0.2, 0.25) is 0 Å². The number of aryl methyl sites for hydroxylation is 1. The molecule has 9 heteroatoms. The number of methoxy groups -OCH3 is 1. The molecule has 4 rings (SSSR count). The molecule has 1 saturated carbocycles. The van der Waals surface area contributed by atoms with E-state index in [4.69, 9.17) is 16.3 Å². The molecule has 2 aliphatic rings. The fourth-order valence-electron chi connectivity index (χ4n) is 5.03. The van der Waals surface area contributed by atoms with Crippen molar-refractivity contribution < 1.29 is 18.7 Å². The van der Waals surface area contributed by atoms with Gasteiger partial charge >= 0.3 is 12.0 Å². The second kappa shape index (κ2) is 9.71. The molecule has 0 spiro atoms. The highest BCUT2D eigenvalue weighted by Gasteiger charge is 2.34. The maximum atomic E-state index is 14.4. The summed E-state index contributed by atoms with van der Waals surface area (Å²) in [5.74, 6) is -0.597. The lowest BCUT2D eigenvalue weighted by Crippen LogP contribution is -2.49. The Kier molecular flexibility index (Phi) is 6.93. The molecule has 2 aromatic rings. The highest BCUT2D eigenvalue weighted by molar-refractivity contribution is 6.30. The lowest BCUT2D eigenvalue weighted by atomic mass is 9.85. The highest BCUT2D eigenvalue weighted by Crippen LogP contribution is 2.30. The smallest absolute Gasteiger partial charge is 0.320 e. The van der Waals surface area contributed by atoms with Crippen molar-refractivity contribution >= 4 is 23.6 Å². The number of halogens is 2. The number of hydrogen-bond acceptors (Lipinski definition) is 4. The summed E-state index contributed by atoms with van der Waals surface area (Å²) in [7, 11) is 3.26. The predicted molar refractivity (Wildman–Crippen MR) is 123 cm³/mol. The van der Waals surface area contributed by atoms with E-state index in [2.05, 4.69) is 5.10 Å². The fraction of sp³-hybridized carbons (Fsp3) is 0.542. The van der Waals surface area contributed by atoms with Gasteiger partial charge in [-0.3, -0.25) is 9.48 Å². The Morgan fingerprint density at radius 2 is 2.00 bits per heavy atom. The van der Waals surface area contributed by atoms with Crippen LogP contribution in [0.2, 0.25) is 5.02 Å². The zero-order valence-corrected chi connectivity index (χ0v) is 20.1. The molecule has 178 valence electrons. The predicted octanol–water partition coefficient (Wildman–Crippen LogP) is 4.17. The van der Waals surface area contributed by atoms with Crippen molar-refractivity contribution in [2.24, 2.45) is 5.92 Å². The van der Waals surface area contributed by atoms with E-state index in [0.29, 0.717) is 23.7 Å². The van der Waals surface area contributed by atoms with Crippen LogP contribution in [0, 0.1) is 18.7 Å². The zero-order chi connectivity index (χ0) is 23.7. The van der Waals surface area contributed by atoms with Crippen LogP contribution in [0.25, 0.3) is 0 Å². The minimum Gasteiger partial charge on any atom is -0.469 e. The Hall–Kier alpha value is -2.61. The average molecular weight is 477 g/mol. The van der Waals surface area contributed by atoms with Crippen LogP contribution in [0.15, 0.2) is 18.2 Å². The first-order chi connectivity index (χ1) is 15.8. The van der Waals surface area contributed by atoms with E-state index in [-0.39, 0.29) is 36.3 Å². The molecular formula is C24H30ClFN4O3. The third-order valence-electron chi connectivity index (χ3n) is 7.03. The molecule has 0 bridgehead atoms. The van der Waals surface area contributed by atoms with Gasteiger partial charge in [-0.1, -0.05) is 17.7 Å². The fourth-order valence-corrected chi connectivity index (χ4v) is 5.18. The van der Waals surface area contributed by atoms with Crippen molar-refractivity contribution in [1.29, 1.82) is 0 Å². The van der Waals surface area contributed by atoms with E-state index < -0.39 is 0 Å². The molecule has 0 radical (unpaired) electrons. The van der Waals surface area contributed by atoms with Crippen LogP contribution < -0.4 is 0 Å². The third kappa shape index (κ3) is 4.86. The summed E-state index contributed by atoms with van der Waals surface area (Å²) < 4.78 is 21.0. The number of hydrogen-bond donors (Lipinski definition) is 0. The topological polar surface area (TPSA) is 67.7 Å². The van der Waals surface area contributed by atoms with E-state index in [1.807, 2.05) is 23.8 Å².